The van der Waals surface area contributed by atoms with Gasteiger partial charge in [0.25, 0.3) is 5.82 Å². The highest BCUT2D eigenvalue weighted by atomic mass is 16.5. The van der Waals surface area contributed by atoms with E-state index in [2.05, 4.69) is 21.2 Å². The number of hydrogen-bond donors (Lipinski definition) is 2. The number of fused-ring (bicyclic) bond motifs is 1. The topological polar surface area (TPSA) is 75.4 Å². The van der Waals surface area contributed by atoms with Gasteiger partial charge in [0.05, 0.1) is 12.7 Å². The van der Waals surface area contributed by atoms with Crippen LogP contribution >= 0.6 is 0 Å². The zero-order valence-electron chi connectivity index (χ0n) is 15.6. The summed E-state index contributed by atoms with van der Waals surface area (Å²) in [6, 6.07) is 14.7. The van der Waals surface area contributed by atoms with E-state index in [1.54, 1.807) is 24.3 Å². The van der Waals surface area contributed by atoms with Gasteiger partial charge in [-0.25, -0.2) is 14.3 Å². The molecule has 6 heteroatoms. The van der Waals surface area contributed by atoms with Gasteiger partial charge in [-0.05, 0) is 42.8 Å². The molecule has 6 nitrogen and oxygen atoms in total. The van der Waals surface area contributed by atoms with Gasteiger partial charge in [0, 0.05) is 6.42 Å². The molecule has 27 heavy (non-hydrogen) atoms. The van der Waals surface area contributed by atoms with Crippen LogP contribution in [0.5, 0.6) is 5.75 Å². The average molecular weight is 369 g/mol. The third kappa shape index (κ3) is 4.46. The van der Waals surface area contributed by atoms with Crippen molar-refractivity contribution in [3.63, 3.8) is 0 Å². The molecule has 0 spiro atoms. The first-order chi connectivity index (χ1) is 13.1. The molecule has 0 aliphatic rings. The number of aliphatic hydroxyl groups is 1. The van der Waals surface area contributed by atoms with Crippen molar-refractivity contribution in [3.05, 3.63) is 59.9 Å². The Kier molecular flexibility index (Phi) is 6.08. The summed E-state index contributed by atoms with van der Waals surface area (Å²) in [4.78, 5) is 14.9. The van der Waals surface area contributed by atoms with E-state index in [0.29, 0.717) is 17.9 Å². The molecule has 0 radical (unpaired) electrons. The summed E-state index contributed by atoms with van der Waals surface area (Å²) in [6.45, 7) is 2.74. The van der Waals surface area contributed by atoms with E-state index in [1.807, 2.05) is 24.3 Å². The molecule has 0 saturated heterocycles. The Morgan fingerprint density at radius 3 is 2.63 bits per heavy atom. The molecule has 2 aromatic carbocycles. The summed E-state index contributed by atoms with van der Waals surface area (Å²) >= 11 is 0. The lowest BCUT2D eigenvalue weighted by Gasteiger charge is -2.12. The summed E-state index contributed by atoms with van der Waals surface area (Å²) in [6.07, 6.45) is 1.27. The Labute approximate surface area is 158 Å². The number of benzene rings is 2. The number of carbonyl (C=O) groups is 1. The largest absolute Gasteiger partial charge is 0.491 e. The first-order valence-electron chi connectivity index (χ1n) is 9.11. The highest BCUT2D eigenvalue weighted by Crippen LogP contribution is 2.14. The summed E-state index contributed by atoms with van der Waals surface area (Å²) < 4.78 is 12.5. The fourth-order valence-electron chi connectivity index (χ4n) is 3.09. The fourth-order valence-corrected chi connectivity index (χ4v) is 3.09. The normalized spacial score (nSPS) is 12.1. The molecule has 1 heterocycles. The summed E-state index contributed by atoms with van der Waals surface area (Å²) in [5, 5.41) is 10.5. The quantitative estimate of drug-likeness (QED) is 0.473. The third-order valence-corrected chi connectivity index (χ3v) is 4.40. The molecule has 142 valence electrons. The van der Waals surface area contributed by atoms with Crippen molar-refractivity contribution in [3.8, 4) is 5.75 Å². The molecular formula is C21H25N2O4+. The van der Waals surface area contributed by atoms with E-state index in [-0.39, 0.29) is 12.6 Å². The molecule has 0 bridgehead atoms. The SMILES string of the molecule is CCCc1[nH]c2ccccc2[n+]1CC(O)COc1ccc(C(=O)OC)cc1. The number of nitrogens with one attached hydrogen (secondary N) is 1. The minimum absolute atomic E-state index is 0.162. The standard InChI is InChI=1S/C21H24N2O4/c1-3-6-20-22-18-7-4-5-8-19(18)23(20)13-16(24)14-27-17-11-9-15(10-12-17)21(25)26-2/h4-5,7-12,16,24H,3,6,13-14H2,1-2H3/p+1. The smallest absolute Gasteiger partial charge is 0.337 e. The minimum atomic E-state index is -0.662. The highest BCUT2D eigenvalue weighted by molar-refractivity contribution is 5.89. The molecule has 0 fully saturated rings. The molecule has 0 saturated carbocycles. The molecule has 1 unspecified atom stereocenters. The molecule has 0 aliphatic carbocycles. The number of nitrogens with zero attached hydrogens (tertiary/aromatic N) is 1. The summed E-state index contributed by atoms with van der Waals surface area (Å²) in [7, 11) is 1.35. The fraction of sp³-hybridized carbons (Fsp3) is 0.333. The number of aliphatic hydroxyl groups excluding tert-OH is 1. The maximum Gasteiger partial charge on any atom is 0.337 e. The predicted molar refractivity (Wildman–Crippen MR) is 102 cm³/mol. The first-order valence-corrected chi connectivity index (χ1v) is 9.11. The Morgan fingerprint density at radius 2 is 1.93 bits per heavy atom. The molecule has 3 rings (SSSR count). The van der Waals surface area contributed by atoms with Gasteiger partial charge in [-0.3, -0.25) is 0 Å². The van der Waals surface area contributed by atoms with Crippen molar-refractivity contribution in [1.82, 2.24) is 4.98 Å². The summed E-state index contributed by atoms with van der Waals surface area (Å²) in [5.41, 5.74) is 2.60. The zero-order chi connectivity index (χ0) is 19.2. The maximum atomic E-state index is 11.5. The Balaban J connectivity index is 1.65. The first kappa shape index (κ1) is 18.9. The Bertz CT molecular complexity index is 902. The number of hydrogen-bond acceptors (Lipinski definition) is 4. The van der Waals surface area contributed by atoms with Crippen molar-refractivity contribution in [1.29, 1.82) is 0 Å². The molecule has 3 aromatic rings. The Morgan fingerprint density at radius 1 is 1.19 bits per heavy atom. The molecule has 1 atom stereocenters. The van der Waals surface area contributed by atoms with E-state index in [1.165, 1.54) is 7.11 Å². The van der Waals surface area contributed by atoms with Crippen molar-refractivity contribution in [2.75, 3.05) is 13.7 Å². The number of rotatable bonds is 8. The second-order valence-corrected chi connectivity index (χ2v) is 6.43. The van der Waals surface area contributed by atoms with Crippen molar-refractivity contribution >= 4 is 17.0 Å². The lowest BCUT2D eigenvalue weighted by atomic mass is 10.2. The van der Waals surface area contributed by atoms with Crippen LogP contribution in [0.25, 0.3) is 11.0 Å². The van der Waals surface area contributed by atoms with E-state index in [9.17, 15) is 9.90 Å². The average Bonchev–Trinajstić information content (AvgIpc) is 3.04. The monoisotopic (exact) mass is 369 g/mol. The van der Waals surface area contributed by atoms with E-state index in [4.69, 9.17) is 4.74 Å². The van der Waals surface area contributed by atoms with Gasteiger partial charge in [0.2, 0.25) is 0 Å². The van der Waals surface area contributed by atoms with Gasteiger partial charge in [-0.2, -0.15) is 0 Å². The number of imidazole rings is 1. The lowest BCUT2D eigenvalue weighted by molar-refractivity contribution is -0.686. The number of aromatic nitrogens is 2. The van der Waals surface area contributed by atoms with Crippen molar-refractivity contribution < 1.29 is 23.9 Å². The lowest BCUT2D eigenvalue weighted by Crippen LogP contribution is -2.44. The molecule has 1 aromatic heterocycles. The van der Waals surface area contributed by atoms with Crippen LogP contribution in [0.1, 0.15) is 29.5 Å². The second kappa shape index (κ2) is 8.68. The van der Waals surface area contributed by atoms with Crippen LogP contribution in [0, 0.1) is 0 Å². The van der Waals surface area contributed by atoms with Gasteiger partial charge in [0.1, 0.15) is 25.0 Å². The maximum absolute atomic E-state index is 11.5. The van der Waals surface area contributed by atoms with Gasteiger partial charge in [0.15, 0.2) is 11.0 Å². The van der Waals surface area contributed by atoms with Crippen molar-refractivity contribution in [2.24, 2.45) is 0 Å². The van der Waals surface area contributed by atoms with Crippen LogP contribution in [-0.4, -0.2) is 35.9 Å². The summed E-state index contributed by atoms with van der Waals surface area (Å²) in [5.74, 6) is 1.31. The number of para-hydroxylation sites is 2. The number of carbonyl (C=O) groups excluding carboxylic acids is 1. The molecule has 0 amide bonds. The van der Waals surface area contributed by atoms with Crippen LogP contribution in [-0.2, 0) is 17.7 Å². The Hall–Kier alpha value is -2.86. The van der Waals surface area contributed by atoms with E-state index in [0.717, 1.165) is 29.7 Å². The third-order valence-electron chi connectivity index (χ3n) is 4.40. The number of methoxy groups -OCH3 is 1. The van der Waals surface area contributed by atoms with E-state index < -0.39 is 6.10 Å². The molecule has 0 aliphatic heterocycles. The van der Waals surface area contributed by atoms with Crippen LogP contribution in [0.15, 0.2) is 48.5 Å². The van der Waals surface area contributed by atoms with Gasteiger partial charge < -0.3 is 14.6 Å². The number of esters is 1. The van der Waals surface area contributed by atoms with E-state index >= 15 is 0 Å². The van der Waals surface area contributed by atoms with Crippen LogP contribution in [0.4, 0.5) is 0 Å². The van der Waals surface area contributed by atoms with Gasteiger partial charge >= 0.3 is 5.97 Å². The highest BCUT2D eigenvalue weighted by Gasteiger charge is 2.20. The van der Waals surface area contributed by atoms with Crippen LogP contribution < -0.4 is 9.30 Å². The zero-order valence-corrected chi connectivity index (χ0v) is 15.6. The van der Waals surface area contributed by atoms with Gasteiger partial charge in [-0.15, -0.1) is 0 Å². The van der Waals surface area contributed by atoms with Gasteiger partial charge in [-0.1, -0.05) is 19.1 Å². The number of aromatic amines is 1. The second-order valence-electron chi connectivity index (χ2n) is 6.43. The molecule has 2 N–H and O–H groups in total. The predicted octanol–water partition coefficient (Wildman–Crippen LogP) is 2.63. The van der Waals surface area contributed by atoms with Crippen molar-refractivity contribution in [2.45, 2.75) is 32.4 Å². The number of H-pyrrole nitrogens is 1. The number of ether oxygens (including phenoxy) is 2. The molecular weight excluding hydrogens is 344 g/mol. The van der Waals surface area contributed by atoms with Crippen LogP contribution in [0.3, 0.4) is 0 Å². The minimum Gasteiger partial charge on any atom is -0.491 e. The number of aryl methyl sites for hydroxylation is 1. The van der Waals surface area contributed by atoms with Crippen LogP contribution in [0.2, 0.25) is 0 Å².